The van der Waals surface area contributed by atoms with Crippen LogP contribution in [0.3, 0.4) is 0 Å². The van der Waals surface area contributed by atoms with E-state index in [0.29, 0.717) is 37.7 Å². The number of allylic oxidation sites excluding steroid dienone is 2. The van der Waals surface area contributed by atoms with Gasteiger partial charge in [0.2, 0.25) is 0 Å². The molecule has 2 aromatic carbocycles. The average Bonchev–Trinajstić information content (AvgIpc) is 3.17. The third-order valence-electron chi connectivity index (χ3n) is 5.49. The zero-order valence-electron chi connectivity index (χ0n) is 19.3. The fourth-order valence-electron chi connectivity index (χ4n) is 3.86. The molecule has 0 N–H and O–H groups in total. The van der Waals surface area contributed by atoms with E-state index in [0.717, 1.165) is 5.56 Å². The van der Waals surface area contributed by atoms with Gasteiger partial charge in [0.1, 0.15) is 0 Å². The van der Waals surface area contributed by atoms with Gasteiger partial charge in [-0.2, -0.15) is 0 Å². The van der Waals surface area contributed by atoms with Crippen molar-refractivity contribution in [2.45, 2.75) is 13.0 Å². The predicted molar refractivity (Wildman–Crippen MR) is 132 cm³/mol. The van der Waals surface area contributed by atoms with Gasteiger partial charge >= 0.3 is 5.97 Å². The van der Waals surface area contributed by atoms with Crippen LogP contribution in [0, 0.1) is 0 Å². The third-order valence-corrected chi connectivity index (χ3v) is 6.49. The van der Waals surface area contributed by atoms with Gasteiger partial charge in [-0.25, -0.2) is 9.79 Å². The van der Waals surface area contributed by atoms with Crippen molar-refractivity contribution in [3.05, 3.63) is 96.7 Å². The number of fused-ring (bicyclic) bond motifs is 1. The van der Waals surface area contributed by atoms with E-state index in [2.05, 4.69) is 4.99 Å². The molecular formula is C26H24N2O5S. The fourth-order valence-corrected chi connectivity index (χ4v) is 4.85. The Morgan fingerprint density at radius 2 is 1.79 bits per heavy atom. The van der Waals surface area contributed by atoms with Crippen LogP contribution in [-0.2, 0) is 9.53 Å². The number of carbonyl (C=O) groups excluding carboxylic acids is 1. The molecule has 8 heteroatoms. The van der Waals surface area contributed by atoms with Crippen LogP contribution in [0.5, 0.6) is 11.5 Å². The first-order valence-electron chi connectivity index (χ1n) is 10.5. The molecule has 0 aliphatic carbocycles. The summed E-state index contributed by atoms with van der Waals surface area (Å²) < 4.78 is 17.9. The van der Waals surface area contributed by atoms with Gasteiger partial charge in [0.25, 0.3) is 5.56 Å². The summed E-state index contributed by atoms with van der Waals surface area (Å²) in [6.45, 7) is 1.74. The second-order valence-corrected chi connectivity index (χ2v) is 8.49. The van der Waals surface area contributed by atoms with Gasteiger partial charge in [-0.05, 0) is 36.3 Å². The maximum absolute atomic E-state index is 13.5. The molecule has 0 amide bonds. The molecule has 4 rings (SSSR count). The number of methoxy groups -OCH3 is 3. The third kappa shape index (κ3) is 4.32. The molecule has 1 atom stereocenters. The molecule has 2 heterocycles. The number of hydrogen-bond donors (Lipinski definition) is 0. The Morgan fingerprint density at radius 3 is 2.47 bits per heavy atom. The predicted octanol–water partition coefficient (Wildman–Crippen LogP) is 3.09. The van der Waals surface area contributed by atoms with Crippen LogP contribution in [0.15, 0.2) is 75.7 Å². The number of hydrogen-bond acceptors (Lipinski definition) is 7. The number of rotatable bonds is 6. The normalized spacial score (nSPS) is 15.8. The number of thiazole rings is 1. The molecule has 174 valence electrons. The van der Waals surface area contributed by atoms with Crippen molar-refractivity contribution < 1.29 is 19.0 Å². The van der Waals surface area contributed by atoms with Crippen molar-refractivity contribution in [2.24, 2.45) is 4.99 Å². The zero-order chi connectivity index (χ0) is 24.2. The molecule has 1 aliphatic rings. The van der Waals surface area contributed by atoms with Crippen LogP contribution in [-0.4, -0.2) is 31.9 Å². The minimum Gasteiger partial charge on any atom is -0.493 e. The van der Waals surface area contributed by atoms with Gasteiger partial charge in [0.15, 0.2) is 16.3 Å². The molecule has 0 fully saturated rings. The largest absolute Gasteiger partial charge is 0.493 e. The molecule has 1 aliphatic heterocycles. The van der Waals surface area contributed by atoms with Crippen molar-refractivity contribution >= 4 is 29.5 Å². The van der Waals surface area contributed by atoms with E-state index in [-0.39, 0.29) is 5.56 Å². The lowest BCUT2D eigenvalue weighted by Gasteiger charge is -2.25. The van der Waals surface area contributed by atoms with Crippen LogP contribution in [0.25, 0.3) is 12.2 Å². The summed E-state index contributed by atoms with van der Waals surface area (Å²) >= 11 is 1.27. The fraction of sp³-hybridized carbons (Fsp3) is 0.192. The lowest BCUT2D eigenvalue weighted by molar-refractivity contribution is -0.136. The maximum Gasteiger partial charge on any atom is 0.338 e. The van der Waals surface area contributed by atoms with Crippen molar-refractivity contribution in [3.8, 4) is 11.5 Å². The van der Waals surface area contributed by atoms with E-state index in [1.165, 1.54) is 30.1 Å². The molecule has 3 aromatic rings. The van der Waals surface area contributed by atoms with Crippen LogP contribution in [0.1, 0.15) is 24.1 Å². The molecule has 1 aromatic heterocycles. The quantitative estimate of drug-likeness (QED) is 0.511. The molecule has 0 bridgehead atoms. The monoisotopic (exact) mass is 476 g/mol. The van der Waals surface area contributed by atoms with Crippen molar-refractivity contribution in [2.75, 3.05) is 21.3 Å². The number of carbonyl (C=O) groups is 1. The van der Waals surface area contributed by atoms with Crippen LogP contribution in [0.2, 0.25) is 0 Å². The van der Waals surface area contributed by atoms with Crippen molar-refractivity contribution in [3.63, 3.8) is 0 Å². The summed E-state index contributed by atoms with van der Waals surface area (Å²) in [6, 6.07) is 14.4. The first-order valence-corrected chi connectivity index (χ1v) is 11.3. The Labute approximate surface area is 200 Å². The Balaban J connectivity index is 1.89. The van der Waals surface area contributed by atoms with E-state index < -0.39 is 12.0 Å². The second-order valence-electron chi connectivity index (χ2n) is 7.48. The first kappa shape index (κ1) is 23.3. The molecule has 0 unspecified atom stereocenters. The topological polar surface area (TPSA) is 79.1 Å². The van der Waals surface area contributed by atoms with Gasteiger partial charge in [-0.1, -0.05) is 59.9 Å². The molecule has 0 saturated carbocycles. The summed E-state index contributed by atoms with van der Waals surface area (Å²) in [7, 11) is 4.40. The van der Waals surface area contributed by atoms with Gasteiger partial charge in [-0.15, -0.1) is 0 Å². The highest BCUT2D eigenvalue weighted by Crippen LogP contribution is 2.35. The van der Waals surface area contributed by atoms with E-state index in [1.807, 2.05) is 42.5 Å². The lowest BCUT2D eigenvalue weighted by atomic mass is 9.95. The summed E-state index contributed by atoms with van der Waals surface area (Å²) in [5, 5.41) is 0. The van der Waals surface area contributed by atoms with E-state index in [4.69, 9.17) is 14.2 Å². The van der Waals surface area contributed by atoms with Crippen LogP contribution in [0.4, 0.5) is 0 Å². The summed E-state index contributed by atoms with van der Waals surface area (Å²) in [5.41, 5.74) is 2.27. The molecule has 7 nitrogen and oxygen atoms in total. The molecule has 0 saturated heterocycles. The minimum absolute atomic E-state index is 0.241. The molecule has 0 spiro atoms. The SMILES string of the molecule is COC(=O)C1=C(C)N=c2s/c(=C\C=C\c3ccccc3)c(=O)n2[C@@H]1c1ccc(OC)c(OC)c1. The number of benzene rings is 2. The van der Waals surface area contributed by atoms with Gasteiger partial charge in [0, 0.05) is 0 Å². The highest BCUT2D eigenvalue weighted by atomic mass is 32.1. The standard InChI is InChI=1S/C26H24N2O5S/c1-16-22(25(30)33-4)23(18-13-14-19(31-2)20(15-18)32-3)28-24(29)21(34-26(28)27-16)12-8-11-17-9-6-5-7-10-17/h5-15,23H,1-4H3/b11-8+,21-12-/t23-/m1/s1. The number of aromatic nitrogens is 1. The summed E-state index contributed by atoms with van der Waals surface area (Å²) in [4.78, 5) is 31.3. The Kier molecular flexibility index (Phi) is 6.79. The Hall–Kier alpha value is -3.91. The van der Waals surface area contributed by atoms with Crippen LogP contribution >= 0.6 is 11.3 Å². The van der Waals surface area contributed by atoms with Crippen LogP contribution < -0.4 is 24.4 Å². The van der Waals surface area contributed by atoms with Crippen molar-refractivity contribution in [1.29, 1.82) is 0 Å². The lowest BCUT2D eigenvalue weighted by Crippen LogP contribution is -2.39. The summed E-state index contributed by atoms with van der Waals surface area (Å²) in [6.07, 6.45) is 5.52. The number of ether oxygens (including phenoxy) is 3. The van der Waals surface area contributed by atoms with E-state index >= 15 is 0 Å². The smallest absolute Gasteiger partial charge is 0.338 e. The maximum atomic E-state index is 13.5. The van der Waals surface area contributed by atoms with Crippen molar-refractivity contribution in [1.82, 2.24) is 4.57 Å². The highest BCUT2D eigenvalue weighted by Gasteiger charge is 2.33. The molecular weight excluding hydrogens is 452 g/mol. The first-order chi connectivity index (χ1) is 16.5. The highest BCUT2D eigenvalue weighted by molar-refractivity contribution is 7.07. The van der Waals surface area contributed by atoms with E-state index in [9.17, 15) is 9.59 Å². The zero-order valence-corrected chi connectivity index (χ0v) is 20.1. The molecule has 34 heavy (non-hydrogen) atoms. The number of nitrogens with zero attached hydrogens (tertiary/aromatic N) is 2. The average molecular weight is 477 g/mol. The van der Waals surface area contributed by atoms with Gasteiger partial charge in [0.05, 0.1) is 43.2 Å². The van der Waals surface area contributed by atoms with Gasteiger partial charge < -0.3 is 14.2 Å². The Bertz CT molecular complexity index is 1470. The second kappa shape index (κ2) is 9.93. The molecule has 0 radical (unpaired) electrons. The van der Waals surface area contributed by atoms with E-state index in [1.54, 1.807) is 38.3 Å². The number of esters is 1. The Morgan fingerprint density at radius 1 is 1.06 bits per heavy atom. The minimum atomic E-state index is -0.719. The van der Waals surface area contributed by atoms with Gasteiger partial charge in [-0.3, -0.25) is 9.36 Å². The summed E-state index contributed by atoms with van der Waals surface area (Å²) in [5.74, 6) is 0.496.